The number of hydrogen-bond acceptors (Lipinski definition) is 7. The Morgan fingerprint density at radius 3 is 2.64 bits per heavy atom. The highest BCUT2D eigenvalue weighted by Crippen LogP contribution is 2.30. The maximum atomic E-state index is 13.5. The summed E-state index contributed by atoms with van der Waals surface area (Å²) in [5.41, 5.74) is 2.42. The number of aliphatic carboxylic acids is 1. The smallest absolute Gasteiger partial charge is 0.326 e. The van der Waals surface area contributed by atoms with Gasteiger partial charge in [0.25, 0.3) is 0 Å². The standard InChI is InChI=1S/C30H40N6O5S/c1-3-23-10-13-34(28(23)29(38)33-26(30(39)40)11-14-42(2)41)19-24-5-4-12-36(24)27(37)15-25-17-32-20-35(25)18-22-8-6-21(16-31)7-9-22/h6-9,17,20,23-24,26,28H,3-5,10-15,18-19H2,1-2H3,(H,33,38)(H,39,40)/t23-,24-,26-,28-,42?/m0/s1. The van der Waals surface area contributed by atoms with E-state index in [-0.39, 0.29) is 42.4 Å². The highest BCUT2D eigenvalue weighted by molar-refractivity contribution is 7.84. The fraction of sp³-hybridized carbons (Fsp3) is 0.567. The number of amides is 2. The van der Waals surface area contributed by atoms with Crippen LogP contribution in [0, 0.1) is 17.2 Å². The van der Waals surface area contributed by atoms with E-state index in [0.717, 1.165) is 36.9 Å². The Morgan fingerprint density at radius 1 is 1.21 bits per heavy atom. The number of carboxylic acids is 1. The first-order valence-corrected chi connectivity index (χ1v) is 16.3. The number of nitrogens with one attached hydrogen (secondary N) is 1. The number of nitrogens with zero attached hydrogens (tertiary/aromatic N) is 5. The Kier molecular flexibility index (Phi) is 10.9. The van der Waals surface area contributed by atoms with E-state index < -0.39 is 28.9 Å². The molecule has 0 spiro atoms. The van der Waals surface area contributed by atoms with Crippen molar-refractivity contribution in [3.05, 3.63) is 53.6 Å². The van der Waals surface area contributed by atoms with Gasteiger partial charge >= 0.3 is 5.97 Å². The normalized spacial score (nSPS) is 22.0. The Bertz CT molecular complexity index is 1320. The molecular formula is C30H40N6O5S. The second-order valence-electron chi connectivity index (χ2n) is 11.2. The summed E-state index contributed by atoms with van der Waals surface area (Å²) >= 11 is 0. The SMILES string of the molecule is CC[C@H]1CCN(C[C@@H]2CCCN2C(=O)Cc2cncn2Cc2ccc(C#N)cc2)[C@@H]1C(=O)N[C@@H](CCS(C)=O)C(=O)O. The fourth-order valence-corrected chi connectivity index (χ4v) is 6.70. The van der Waals surface area contributed by atoms with E-state index in [2.05, 4.69) is 21.3 Å². The first-order chi connectivity index (χ1) is 20.2. The topological polar surface area (TPSA) is 149 Å². The molecule has 5 atom stereocenters. The van der Waals surface area contributed by atoms with Crippen LogP contribution in [0.1, 0.15) is 55.8 Å². The van der Waals surface area contributed by atoms with Crippen molar-refractivity contribution in [3.63, 3.8) is 0 Å². The molecule has 1 aromatic carbocycles. The minimum Gasteiger partial charge on any atom is -0.480 e. The lowest BCUT2D eigenvalue weighted by Gasteiger charge is -2.33. The quantitative estimate of drug-likeness (QED) is 0.356. The maximum absolute atomic E-state index is 13.5. The van der Waals surface area contributed by atoms with Gasteiger partial charge in [0.15, 0.2) is 0 Å². The van der Waals surface area contributed by atoms with Gasteiger partial charge in [-0.05, 0) is 55.8 Å². The summed E-state index contributed by atoms with van der Waals surface area (Å²) in [6, 6.07) is 7.89. The lowest BCUT2D eigenvalue weighted by Crippen LogP contribution is -2.54. The van der Waals surface area contributed by atoms with Crippen molar-refractivity contribution in [2.45, 2.75) is 70.1 Å². The Hall–Kier alpha value is -3.56. The van der Waals surface area contributed by atoms with E-state index in [1.54, 1.807) is 24.7 Å². The molecule has 4 rings (SSSR count). The maximum Gasteiger partial charge on any atom is 0.326 e. The third kappa shape index (κ3) is 7.83. The van der Waals surface area contributed by atoms with Crippen molar-refractivity contribution in [2.24, 2.45) is 5.92 Å². The van der Waals surface area contributed by atoms with Crippen molar-refractivity contribution in [1.29, 1.82) is 5.26 Å². The third-order valence-corrected chi connectivity index (χ3v) is 9.25. The van der Waals surface area contributed by atoms with Gasteiger partial charge in [-0.2, -0.15) is 5.26 Å². The van der Waals surface area contributed by atoms with Crippen molar-refractivity contribution in [2.75, 3.05) is 31.6 Å². The molecule has 2 aliphatic heterocycles. The minimum atomic E-state index is -1.15. The molecule has 2 amide bonds. The van der Waals surface area contributed by atoms with Gasteiger partial charge in [-0.25, -0.2) is 9.78 Å². The number of carbonyl (C=O) groups excluding carboxylic acids is 2. The van der Waals surface area contributed by atoms with Crippen LogP contribution in [0.2, 0.25) is 0 Å². The largest absolute Gasteiger partial charge is 0.480 e. The molecule has 2 N–H and O–H groups in total. The van der Waals surface area contributed by atoms with Crippen LogP contribution in [0.4, 0.5) is 0 Å². The second-order valence-corrected chi connectivity index (χ2v) is 12.8. The van der Waals surface area contributed by atoms with E-state index in [4.69, 9.17) is 5.26 Å². The van der Waals surface area contributed by atoms with Crippen LogP contribution in [0.3, 0.4) is 0 Å². The molecule has 0 radical (unpaired) electrons. The Morgan fingerprint density at radius 2 is 1.98 bits per heavy atom. The molecule has 0 bridgehead atoms. The summed E-state index contributed by atoms with van der Waals surface area (Å²) in [5.74, 6) is -1.12. The van der Waals surface area contributed by atoms with Gasteiger partial charge in [-0.15, -0.1) is 0 Å². The van der Waals surface area contributed by atoms with Crippen LogP contribution in [0.15, 0.2) is 36.8 Å². The van der Waals surface area contributed by atoms with Crippen molar-refractivity contribution in [3.8, 4) is 6.07 Å². The number of nitriles is 1. The van der Waals surface area contributed by atoms with Crippen LogP contribution in [-0.4, -0.2) is 96.2 Å². The zero-order chi connectivity index (χ0) is 30.2. The van der Waals surface area contributed by atoms with Crippen LogP contribution in [0.5, 0.6) is 0 Å². The third-order valence-electron chi connectivity index (χ3n) is 8.44. The number of carbonyl (C=O) groups is 3. The minimum absolute atomic E-state index is 0.0184. The Labute approximate surface area is 249 Å². The molecule has 0 saturated carbocycles. The summed E-state index contributed by atoms with van der Waals surface area (Å²) in [5, 5.41) is 21.4. The van der Waals surface area contributed by atoms with Crippen molar-refractivity contribution in [1.82, 2.24) is 24.7 Å². The van der Waals surface area contributed by atoms with E-state index in [1.165, 1.54) is 6.26 Å². The molecule has 2 fully saturated rings. The average Bonchev–Trinajstić information content (AvgIpc) is 3.71. The van der Waals surface area contributed by atoms with Crippen LogP contribution < -0.4 is 5.32 Å². The number of likely N-dealkylation sites (tertiary alicyclic amines) is 2. The summed E-state index contributed by atoms with van der Waals surface area (Å²) in [7, 11) is -1.15. The second kappa shape index (κ2) is 14.6. The van der Waals surface area contributed by atoms with Gasteiger partial charge in [0, 0.05) is 60.4 Å². The van der Waals surface area contributed by atoms with Gasteiger partial charge < -0.3 is 19.9 Å². The summed E-state index contributed by atoms with van der Waals surface area (Å²) in [6.45, 7) is 4.51. The lowest BCUT2D eigenvalue weighted by atomic mass is 9.96. The van der Waals surface area contributed by atoms with Gasteiger partial charge in [0.05, 0.1) is 30.4 Å². The molecule has 2 aliphatic rings. The molecule has 1 aromatic heterocycles. The number of rotatable bonds is 13. The number of imidazole rings is 1. The zero-order valence-electron chi connectivity index (χ0n) is 24.3. The van der Waals surface area contributed by atoms with Gasteiger partial charge in [0.1, 0.15) is 6.04 Å². The first kappa shape index (κ1) is 31.4. The fourth-order valence-electron chi connectivity index (χ4n) is 6.14. The van der Waals surface area contributed by atoms with Crippen LogP contribution >= 0.6 is 0 Å². The van der Waals surface area contributed by atoms with Gasteiger partial charge in [0.2, 0.25) is 11.8 Å². The van der Waals surface area contributed by atoms with E-state index in [9.17, 15) is 23.7 Å². The summed E-state index contributed by atoms with van der Waals surface area (Å²) < 4.78 is 13.5. The number of hydrogen-bond donors (Lipinski definition) is 2. The highest BCUT2D eigenvalue weighted by Gasteiger charge is 2.42. The van der Waals surface area contributed by atoms with Gasteiger partial charge in [-0.1, -0.05) is 25.5 Å². The van der Waals surface area contributed by atoms with E-state index in [0.29, 0.717) is 31.7 Å². The molecule has 11 nitrogen and oxygen atoms in total. The predicted molar refractivity (Wildman–Crippen MR) is 158 cm³/mol. The average molecular weight is 597 g/mol. The van der Waals surface area contributed by atoms with Crippen LogP contribution in [0.25, 0.3) is 0 Å². The Balaban J connectivity index is 1.40. The van der Waals surface area contributed by atoms with Crippen molar-refractivity contribution >= 4 is 28.6 Å². The molecule has 2 saturated heterocycles. The molecule has 1 unspecified atom stereocenters. The lowest BCUT2D eigenvalue weighted by molar-refractivity contribution is -0.143. The molecule has 0 aliphatic carbocycles. The zero-order valence-corrected chi connectivity index (χ0v) is 25.1. The molecule has 226 valence electrons. The first-order valence-electron chi connectivity index (χ1n) is 14.5. The number of aromatic nitrogens is 2. The molecule has 42 heavy (non-hydrogen) atoms. The molecule has 3 heterocycles. The van der Waals surface area contributed by atoms with Crippen molar-refractivity contribution < 1.29 is 23.7 Å². The van der Waals surface area contributed by atoms with E-state index in [1.807, 2.05) is 28.5 Å². The highest BCUT2D eigenvalue weighted by atomic mass is 32.2. The number of benzene rings is 1. The number of carboxylic acid groups (broad SMARTS) is 1. The summed E-state index contributed by atoms with van der Waals surface area (Å²) in [6.07, 6.45) is 8.63. The molecule has 12 heteroatoms. The predicted octanol–water partition coefficient (Wildman–Crippen LogP) is 1.78. The van der Waals surface area contributed by atoms with Crippen LogP contribution in [-0.2, 0) is 38.1 Å². The monoisotopic (exact) mass is 596 g/mol. The molecule has 2 aromatic rings. The van der Waals surface area contributed by atoms with Gasteiger partial charge in [-0.3, -0.25) is 18.7 Å². The van der Waals surface area contributed by atoms with E-state index >= 15 is 0 Å². The summed E-state index contributed by atoms with van der Waals surface area (Å²) in [4.78, 5) is 47.0. The molecular weight excluding hydrogens is 556 g/mol.